The van der Waals surface area contributed by atoms with E-state index in [1.807, 2.05) is 29.6 Å². The van der Waals surface area contributed by atoms with E-state index in [1.54, 1.807) is 17.0 Å². The van der Waals surface area contributed by atoms with Crippen LogP contribution < -0.4 is 15.5 Å². The summed E-state index contributed by atoms with van der Waals surface area (Å²) in [5.74, 6) is 0.0151. The molecule has 0 spiro atoms. The lowest BCUT2D eigenvalue weighted by molar-refractivity contribution is -0.127. The number of rotatable bonds is 7. The highest BCUT2D eigenvalue weighted by Gasteiger charge is 2.48. The molecule has 174 valence electrons. The Labute approximate surface area is 198 Å². The molecule has 0 bridgehead atoms. The predicted octanol–water partition coefficient (Wildman–Crippen LogP) is 2.54. The van der Waals surface area contributed by atoms with Crippen LogP contribution in [-0.2, 0) is 11.3 Å². The molecule has 8 nitrogen and oxygen atoms in total. The van der Waals surface area contributed by atoms with E-state index in [0.29, 0.717) is 24.2 Å². The van der Waals surface area contributed by atoms with E-state index in [2.05, 4.69) is 15.5 Å². The van der Waals surface area contributed by atoms with Crippen molar-refractivity contribution in [2.75, 3.05) is 37.6 Å². The molecular formula is C24H30N6O2S. The maximum Gasteiger partial charge on any atom is 0.260 e. The summed E-state index contributed by atoms with van der Waals surface area (Å²) < 4.78 is 0. The lowest BCUT2D eigenvalue weighted by atomic mass is 9.79. The number of amides is 2. The first kappa shape index (κ1) is 23.4. The summed E-state index contributed by atoms with van der Waals surface area (Å²) in [5, 5.41) is 18.0. The Morgan fingerprint density at radius 3 is 2.61 bits per heavy atom. The van der Waals surface area contributed by atoms with E-state index in [4.69, 9.17) is 10.2 Å². The van der Waals surface area contributed by atoms with Gasteiger partial charge in [-0.1, -0.05) is 37.5 Å². The molecule has 1 aliphatic carbocycles. The van der Waals surface area contributed by atoms with Crippen molar-refractivity contribution in [1.82, 2.24) is 20.5 Å². The summed E-state index contributed by atoms with van der Waals surface area (Å²) in [6.07, 6.45) is 3.81. The van der Waals surface area contributed by atoms with Crippen molar-refractivity contribution < 1.29 is 9.59 Å². The summed E-state index contributed by atoms with van der Waals surface area (Å²) in [5.41, 5.74) is -0.533. The lowest BCUT2D eigenvalue weighted by Crippen LogP contribution is -2.62. The Morgan fingerprint density at radius 2 is 1.91 bits per heavy atom. The van der Waals surface area contributed by atoms with Gasteiger partial charge in [0.2, 0.25) is 5.91 Å². The van der Waals surface area contributed by atoms with Crippen molar-refractivity contribution in [1.29, 1.82) is 5.26 Å². The van der Waals surface area contributed by atoms with Crippen LogP contribution in [0, 0.1) is 11.3 Å². The van der Waals surface area contributed by atoms with Gasteiger partial charge in [0.15, 0.2) is 0 Å². The number of thiazole rings is 1. The van der Waals surface area contributed by atoms with E-state index in [0.717, 1.165) is 57.0 Å². The van der Waals surface area contributed by atoms with E-state index < -0.39 is 5.54 Å². The lowest BCUT2D eigenvalue weighted by Gasteiger charge is -2.43. The summed E-state index contributed by atoms with van der Waals surface area (Å²) in [4.78, 5) is 36.1. The fourth-order valence-corrected chi connectivity index (χ4v) is 5.54. The molecule has 2 fully saturated rings. The fourth-order valence-electron chi connectivity index (χ4n) is 4.74. The van der Waals surface area contributed by atoms with Gasteiger partial charge in [-0.05, 0) is 25.0 Å². The quantitative estimate of drug-likeness (QED) is 0.608. The standard InChI is InChI=1S/C24H30N6O2S/c25-11-12-27-23(32)24(9-5-2-6-10-24)30(22(31)19-7-3-1-4-8-19)20-18-33-21(28-20)17-29-15-13-26-14-16-29/h1,3-4,7-8,18,26H,2,5-6,9-10,12-17H2,(H,27,32). The number of nitrogens with one attached hydrogen (secondary N) is 2. The summed E-state index contributed by atoms with van der Waals surface area (Å²) in [6.45, 7) is 4.48. The molecule has 1 saturated carbocycles. The van der Waals surface area contributed by atoms with Crippen molar-refractivity contribution in [3.63, 3.8) is 0 Å². The first-order valence-corrected chi connectivity index (χ1v) is 12.4. The Kier molecular flexibility index (Phi) is 7.70. The summed E-state index contributed by atoms with van der Waals surface area (Å²) in [7, 11) is 0. The number of aromatic nitrogens is 1. The zero-order valence-corrected chi connectivity index (χ0v) is 19.6. The van der Waals surface area contributed by atoms with Crippen molar-refractivity contribution in [2.45, 2.75) is 44.2 Å². The Balaban J connectivity index is 1.70. The Hall–Kier alpha value is -2.80. The van der Waals surface area contributed by atoms with E-state index >= 15 is 0 Å². The topological polar surface area (TPSA) is 101 Å². The van der Waals surface area contributed by atoms with Gasteiger partial charge >= 0.3 is 0 Å². The Bertz CT molecular complexity index is 990. The highest BCUT2D eigenvalue weighted by molar-refractivity contribution is 7.10. The molecule has 9 heteroatoms. The second-order valence-electron chi connectivity index (χ2n) is 8.57. The second-order valence-corrected chi connectivity index (χ2v) is 9.51. The molecule has 2 aromatic rings. The van der Waals surface area contributed by atoms with Crippen LogP contribution >= 0.6 is 11.3 Å². The van der Waals surface area contributed by atoms with Crippen LogP contribution in [0.2, 0.25) is 0 Å². The van der Waals surface area contributed by atoms with Gasteiger partial charge in [-0.3, -0.25) is 19.4 Å². The van der Waals surface area contributed by atoms with Gasteiger partial charge < -0.3 is 10.6 Å². The van der Waals surface area contributed by atoms with Crippen molar-refractivity contribution in [2.24, 2.45) is 0 Å². The normalized spacial score (nSPS) is 18.3. The molecule has 2 aliphatic rings. The number of hydrogen-bond acceptors (Lipinski definition) is 7. The fraction of sp³-hybridized carbons (Fsp3) is 0.500. The number of nitriles is 1. The van der Waals surface area contributed by atoms with Crippen LogP contribution in [0.4, 0.5) is 5.82 Å². The molecule has 2 N–H and O–H groups in total. The number of benzene rings is 1. The minimum atomic E-state index is -1.05. The van der Waals surface area contributed by atoms with E-state index in [9.17, 15) is 9.59 Å². The zero-order valence-electron chi connectivity index (χ0n) is 18.8. The predicted molar refractivity (Wildman–Crippen MR) is 128 cm³/mol. The maximum absolute atomic E-state index is 13.9. The van der Waals surface area contributed by atoms with E-state index in [1.165, 1.54) is 11.3 Å². The molecule has 1 saturated heterocycles. The number of piperazine rings is 1. The zero-order chi connectivity index (χ0) is 23.1. The smallest absolute Gasteiger partial charge is 0.260 e. The van der Waals surface area contributed by atoms with Crippen LogP contribution in [0.1, 0.15) is 47.5 Å². The number of carbonyl (C=O) groups excluding carboxylic acids is 2. The first-order valence-electron chi connectivity index (χ1n) is 11.6. The van der Waals surface area contributed by atoms with Crippen LogP contribution in [0.15, 0.2) is 35.7 Å². The van der Waals surface area contributed by atoms with E-state index in [-0.39, 0.29) is 18.4 Å². The molecule has 0 unspecified atom stereocenters. The number of hydrogen-bond donors (Lipinski definition) is 2. The third-order valence-corrected chi connectivity index (χ3v) is 7.24. The molecule has 1 aliphatic heterocycles. The largest absolute Gasteiger partial charge is 0.341 e. The van der Waals surface area contributed by atoms with Gasteiger partial charge in [0, 0.05) is 37.1 Å². The molecule has 1 aromatic heterocycles. The summed E-state index contributed by atoms with van der Waals surface area (Å²) in [6, 6.07) is 11.0. The van der Waals surface area contributed by atoms with Gasteiger partial charge in [-0.15, -0.1) is 11.3 Å². The van der Waals surface area contributed by atoms with Crippen LogP contribution in [0.25, 0.3) is 0 Å². The van der Waals surface area contributed by atoms with Crippen molar-refractivity contribution >= 4 is 29.0 Å². The molecular weight excluding hydrogens is 436 g/mol. The highest BCUT2D eigenvalue weighted by Crippen LogP contribution is 2.39. The number of anilines is 1. The third-order valence-electron chi connectivity index (χ3n) is 6.42. The minimum Gasteiger partial charge on any atom is -0.341 e. The van der Waals surface area contributed by atoms with Crippen LogP contribution in [0.3, 0.4) is 0 Å². The van der Waals surface area contributed by atoms with Gasteiger partial charge in [0.1, 0.15) is 22.9 Å². The molecule has 0 radical (unpaired) electrons. The summed E-state index contributed by atoms with van der Waals surface area (Å²) >= 11 is 1.53. The van der Waals surface area contributed by atoms with Gasteiger partial charge in [0.25, 0.3) is 5.91 Å². The van der Waals surface area contributed by atoms with Crippen molar-refractivity contribution in [3.8, 4) is 6.07 Å². The average molecular weight is 467 g/mol. The molecule has 33 heavy (non-hydrogen) atoms. The van der Waals surface area contributed by atoms with Gasteiger partial charge in [0.05, 0.1) is 12.6 Å². The molecule has 0 atom stereocenters. The van der Waals surface area contributed by atoms with Gasteiger partial charge in [-0.2, -0.15) is 5.26 Å². The average Bonchev–Trinajstić information content (AvgIpc) is 3.31. The molecule has 2 amide bonds. The minimum absolute atomic E-state index is 0.0841. The second kappa shape index (κ2) is 10.9. The highest BCUT2D eigenvalue weighted by atomic mass is 32.1. The SMILES string of the molecule is N#CCNC(=O)C1(N(C(=O)c2ccccc2)c2csc(CN3CCNCC3)n2)CCCCC1. The number of nitrogens with zero attached hydrogens (tertiary/aromatic N) is 4. The molecule has 1 aromatic carbocycles. The Morgan fingerprint density at radius 1 is 1.18 bits per heavy atom. The maximum atomic E-state index is 13.9. The molecule has 2 heterocycles. The number of carbonyl (C=O) groups is 2. The van der Waals surface area contributed by atoms with Gasteiger partial charge in [-0.25, -0.2) is 4.98 Å². The molecule has 4 rings (SSSR count). The monoisotopic (exact) mass is 466 g/mol. The first-order chi connectivity index (χ1) is 16.1. The van der Waals surface area contributed by atoms with Crippen LogP contribution in [0.5, 0.6) is 0 Å². The van der Waals surface area contributed by atoms with Crippen molar-refractivity contribution in [3.05, 3.63) is 46.3 Å². The third kappa shape index (κ3) is 5.24. The van der Waals surface area contributed by atoms with Crippen LogP contribution in [-0.4, -0.2) is 60.0 Å².